The number of imide groups is 1. The highest BCUT2D eigenvalue weighted by molar-refractivity contribution is 7.92. The number of non-ortho nitro benzene ring substituents is 1. The molecular weight excluding hydrogens is 452 g/mol. The molecule has 1 saturated heterocycles. The van der Waals surface area contributed by atoms with Gasteiger partial charge in [0.25, 0.3) is 21.6 Å². The number of benzene rings is 2. The first-order valence-corrected chi connectivity index (χ1v) is 11.4. The van der Waals surface area contributed by atoms with Crippen molar-refractivity contribution in [2.45, 2.75) is 37.3 Å². The van der Waals surface area contributed by atoms with Gasteiger partial charge >= 0.3 is 6.03 Å². The number of aliphatic hydroxyl groups is 1. The molecule has 176 valence electrons. The predicted octanol–water partition coefficient (Wildman–Crippen LogP) is 1.79. The maximum absolute atomic E-state index is 13.4. The quantitative estimate of drug-likeness (QED) is 0.335. The number of β-amino-alcohol motifs (C(OH)–C–C–N with tert-alkyl or cyclic N) is 1. The van der Waals surface area contributed by atoms with Crippen LogP contribution >= 0.6 is 0 Å². The number of nitrogens with one attached hydrogen (secondary N) is 1. The summed E-state index contributed by atoms with van der Waals surface area (Å²) in [5, 5.41) is 24.1. The Labute approximate surface area is 190 Å². The summed E-state index contributed by atoms with van der Waals surface area (Å²) in [6.07, 6.45) is -1.43. The maximum Gasteiger partial charge on any atom is 0.325 e. The smallest absolute Gasteiger partial charge is 0.325 e. The number of hydrogen-bond acceptors (Lipinski definition) is 7. The topological polar surface area (TPSA) is 150 Å². The Morgan fingerprint density at radius 2 is 1.70 bits per heavy atom. The largest absolute Gasteiger partial charge is 0.389 e. The van der Waals surface area contributed by atoms with Gasteiger partial charge in [-0.2, -0.15) is 0 Å². The van der Waals surface area contributed by atoms with E-state index in [0.717, 1.165) is 26.9 Å². The molecule has 1 fully saturated rings. The molecule has 2 aromatic rings. The SMILES string of the molecule is Cc1ccc(S(=O)(=O)N(CC(O)CN2C(=O)NC(C)(C)C2=O)c2ccc([N+](=O)[O-])cc2)cc1. The number of nitro benzene ring substituents is 1. The zero-order valence-corrected chi connectivity index (χ0v) is 19.1. The van der Waals surface area contributed by atoms with Crippen LogP contribution in [0.4, 0.5) is 16.2 Å². The summed E-state index contributed by atoms with van der Waals surface area (Å²) in [5.74, 6) is -0.546. The normalized spacial score (nSPS) is 16.4. The molecule has 1 atom stereocenters. The number of nitro groups is 1. The summed E-state index contributed by atoms with van der Waals surface area (Å²) in [6.45, 7) is 3.91. The Morgan fingerprint density at radius 1 is 1.12 bits per heavy atom. The molecule has 33 heavy (non-hydrogen) atoms. The second-order valence-corrected chi connectivity index (χ2v) is 10.1. The first-order valence-electron chi connectivity index (χ1n) is 9.99. The molecule has 2 aromatic carbocycles. The summed E-state index contributed by atoms with van der Waals surface area (Å²) in [7, 11) is -4.18. The van der Waals surface area contributed by atoms with Crippen molar-refractivity contribution in [1.29, 1.82) is 0 Å². The Hall–Kier alpha value is -3.51. The van der Waals surface area contributed by atoms with Crippen LogP contribution in [0.5, 0.6) is 0 Å². The van der Waals surface area contributed by atoms with Gasteiger partial charge in [0.05, 0.1) is 34.7 Å². The summed E-state index contributed by atoms with van der Waals surface area (Å²) in [5.41, 5.74) is -0.439. The zero-order valence-electron chi connectivity index (χ0n) is 18.3. The number of urea groups is 1. The number of rotatable bonds is 8. The highest BCUT2D eigenvalue weighted by Crippen LogP contribution is 2.27. The fourth-order valence-electron chi connectivity index (χ4n) is 3.36. The number of aryl methyl sites for hydroxylation is 1. The van der Waals surface area contributed by atoms with Gasteiger partial charge in [0.15, 0.2) is 0 Å². The van der Waals surface area contributed by atoms with Crippen LogP contribution in [-0.2, 0) is 14.8 Å². The van der Waals surface area contributed by atoms with Gasteiger partial charge in [-0.3, -0.25) is 24.1 Å². The lowest BCUT2D eigenvalue weighted by Crippen LogP contribution is -2.45. The second kappa shape index (κ2) is 8.79. The number of sulfonamides is 1. The van der Waals surface area contributed by atoms with E-state index >= 15 is 0 Å². The van der Waals surface area contributed by atoms with Crippen molar-refractivity contribution in [2.75, 3.05) is 17.4 Å². The molecule has 1 unspecified atom stereocenters. The van der Waals surface area contributed by atoms with Crippen molar-refractivity contribution in [3.63, 3.8) is 0 Å². The average molecular weight is 477 g/mol. The fourth-order valence-corrected chi connectivity index (χ4v) is 4.87. The monoisotopic (exact) mass is 476 g/mol. The number of hydrogen-bond donors (Lipinski definition) is 2. The number of aliphatic hydroxyl groups excluding tert-OH is 1. The Bertz CT molecular complexity index is 1180. The van der Waals surface area contributed by atoms with Crippen LogP contribution in [0.2, 0.25) is 0 Å². The minimum absolute atomic E-state index is 0.0465. The molecule has 1 aliphatic heterocycles. The van der Waals surface area contributed by atoms with E-state index in [4.69, 9.17) is 0 Å². The van der Waals surface area contributed by atoms with Crippen LogP contribution in [-0.4, -0.2) is 60.0 Å². The minimum atomic E-state index is -4.18. The molecule has 1 heterocycles. The first kappa shape index (κ1) is 24.1. The van der Waals surface area contributed by atoms with Gasteiger partial charge in [-0.1, -0.05) is 17.7 Å². The van der Waals surface area contributed by atoms with Crippen molar-refractivity contribution in [3.8, 4) is 0 Å². The van der Waals surface area contributed by atoms with Gasteiger partial charge in [0, 0.05) is 12.1 Å². The fraction of sp³-hybridized carbons (Fsp3) is 0.333. The highest BCUT2D eigenvalue weighted by Gasteiger charge is 2.45. The third-order valence-electron chi connectivity index (χ3n) is 5.17. The van der Waals surface area contributed by atoms with Gasteiger partial charge in [0.1, 0.15) is 5.54 Å². The molecule has 12 heteroatoms. The van der Waals surface area contributed by atoms with Crippen LogP contribution in [0.3, 0.4) is 0 Å². The van der Waals surface area contributed by atoms with Crippen molar-refractivity contribution >= 4 is 33.3 Å². The van der Waals surface area contributed by atoms with Crippen LogP contribution in [0.15, 0.2) is 53.4 Å². The molecule has 0 saturated carbocycles. The Balaban J connectivity index is 1.93. The summed E-state index contributed by atoms with van der Waals surface area (Å²) in [4.78, 5) is 35.7. The molecule has 0 aromatic heterocycles. The van der Waals surface area contributed by atoms with Crippen molar-refractivity contribution < 1.29 is 28.0 Å². The molecule has 0 spiro atoms. The molecule has 0 aliphatic carbocycles. The van der Waals surface area contributed by atoms with E-state index in [-0.39, 0.29) is 16.3 Å². The van der Waals surface area contributed by atoms with Crippen molar-refractivity contribution in [3.05, 3.63) is 64.2 Å². The van der Waals surface area contributed by atoms with Gasteiger partial charge in [0.2, 0.25) is 0 Å². The predicted molar refractivity (Wildman–Crippen MR) is 119 cm³/mol. The molecule has 0 radical (unpaired) electrons. The summed E-state index contributed by atoms with van der Waals surface area (Å²) >= 11 is 0. The number of nitrogens with zero attached hydrogens (tertiary/aromatic N) is 3. The molecule has 11 nitrogen and oxygen atoms in total. The van der Waals surface area contributed by atoms with Gasteiger partial charge < -0.3 is 10.4 Å². The van der Waals surface area contributed by atoms with Gasteiger partial charge in [-0.25, -0.2) is 13.2 Å². The zero-order chi connectivity index (χ0) is 24.6. The number of carbonyl (C=O) groups excluding carboxylic acids is 2. The lowest BCUT2D eigenvalue weighted by molar-refractivity contribution is -0.384. The van der Waals surface area contributed by atoms with Crippen LogP contribution in [0.1, 0.15) is 19.4 Å². The van der Waals surface area contributed by atoms with Crippen LogP contribution < -0.4 is 9.62 Å². The van der Waals surface area contributed by atoms with E-state index in [0.29, 0.717) is 0 Å². The van der Waals surface area contributed by atoms with Crippen molar-refractivity contribution in [2.24, 2.45) is 0 Å². The highest BCUT2D eigenvalue weighted by atomic mass is 32.2. The first-order chi connectivity index (χ1) is 15.3. The summed E-state index contributed by atoms with van der Waals surface area (Å²) < 4.78 is 27.7. The molecule has 2 N–H and O–H groups in total. The van der Waals surface area contributed by atoms with E-state index in [1.165, 1.54) is 38.1 Å². The molecule has 1 aliphatic rings. The third-order valence-corrected chi connectivity index (χ3v) is 6.98. The standard InChI is InChI=1S/C21H24N4O7S/c1-14-4-10-18(11-5-14)33(31,32)24(15-6-8-16(9-7-15)25(29)30)13-17(26)12-23-19(27)21(2,3)22-20(23)28/h4-11,17,26H,12-13H2,1-3H3,(H,22,28). The number of amides is 3. The number of carbonyl (C=O) groups is 2. The van der Waals surface area contributed by atoms with E-state index in [9.17, 15) is 33.2 Å². The lowest BCUT2D eigenvalue weighted by Gasteiger charge is -2.28. The van der Waals surface area contributed by atoms with E-state index in [2.05, 4.69) is 5.32 Å². The van der Waals surface area contributed by atoms with E-state index in [1.54, 1.807) is 19.1 Å². The van der Waals surface area contributed by atoms with E-state index < -0.39 is 51.6 Å². The Kier molecular flexibility index (Phi) is 6.43. The molecule has 3 rings (SSSR count). The molecule has 0 bridgehead atoms. The van der Waals surface area contributed by atoms with Crippen LogP contribution in [0.25, 0.3) is 0 Å². The van der Waals surface area contributed by atoms with Crippen molar-refractivity contribution in [1.82, 2.24) is 10.2 Å². The average Bonchev–Trinajstić information content (AvgIpc) is 2.93. The van der Waals surface area contributed by atoms with Gasteiger partial charge in [-0.15, -0.1) is 0 Å². The number of anilines is 1. The lowest BCUT2D eigenvalue weighted by atomic mass is 10.1. The van der Waals surface area contributed by atoms with E-state index in [1.807, 2.05) is 0 Å². The van der Waals surface area contributed by atoms with Crippen LogP contribution in [0, 0.1) is 17.0 Å². The molecule has 3 amide bonds. The summed E-state index contributed by atoms with van der Waals surface area (Å²) in [6, 6.07) is 10.2. The third kappa shape index (κ3) is 4.96. The van der Waals surface area contributed by atoms with Gasteiger partial charge in [-0.05, 0) is 45.0 Å². The minimum Gasteiger partial charge on any atom is -0.389 e. The molecular formula is C21H24N4O7S. The second-order valence-electron chi connectivity index (χ2n) is 8.25. The Morgan fingerprint density at radius 3 is 2.18 bits per heavy atom. The maximum atomic E-state index is 13.4.